The van der Waals surface area contributed by atoms with Crippen molar-refractivity contribution >= 4 is 16.7 Å². The lowest BCUT2D eigenvalue weighted by Gasteiger charge is -1.97. The van der Waals surface area contributed by atoms with Crippen molar-refractivity contribution in [1.82, 2.24) is 4.57 Å². The number of benzene rings is 1. The fraction of sp³-hybridized carbons (Fsp3) is 0.0833. The molecule has 0 aliphatic carbocycles. The van der Waals surface area contributed by atoms with Crippen molar-refractivity contribution in [2.45, 2.75) is 6.54 Å². The predicted octanol–water partition coefficient (Wildman–Crippen LogP) is 2.39. The number of rotatable bonds is 0. The first-order valence-electron chi connectivity index (χ1n) is 4.58. The lowest BCUT2D eigenvalue weighted by Crippen LogP contribution is -1.92. The van der Waals surface area contributed by atoms with E-state index in [1.54, 1.807) is 0 Å². The lowest BCUT2D eigenvalue weighted by atomic mass is 10.1. The van der Waals surface area contributed by atoms with Gasteiger partial charge in [-0.2, -0.15) is 0 Å². The van der Waals surface area contributed by atoms with Crippen LogP contribution in [-0.2, 0) is 6.54 Å². The van der Waals surface area contributed by atoms with Gasteiger partial charge < -0.3 is 4.57 Å². The summed E-state index contributed by atoms with van der Waals surface area (Å²) in [5, 5.41) is 1.13. The van der Waals surface area contributed by atoms with Crippen LogP contribution in [0.25, 0.3) is 10.9 Å². The second-order valence-corrected chi connectivity index (χ2v) is 3.61. The minimum atomic E-state index is 0.0844. The highest BCUT2D eigenvalue weighted by atomic mass is 16.1. The standard InChI is InChI=1S/C12H9NO/c1-8-7-13-10-5-3-2-4-9(10)6-11(13)12(8)14/h2-6H,1,7H2. The molecule has 2 nitrogen and oxygen atoms in total. The Labute approximate surface area is 81.5 Å². The number of nitrogens with zero attached hydrogens (tertiary/aromatic N) is 1. The number of hydrogen-bond donors (Lipinski definition) is 0. The largest absolute Gasteiger partial charge is 0.333 e. The molecule has 14 heavy (non-hydrogen) atoms. The fourth-order valence-electron chi connectivity index (χ4n) is 2.01. The van der Waals surface area contributed by atoms with Gasteiger partial charge in [-0.25, -0.2) is 0 Å². The zero-order chi connectivity index (χ0) is 9.71. The number of fused-ring (bicyclic) bond motifs is 3. The molecule has 0 fully saturated rings. The van der Waals surface area contributed by atoms with Crippen molar-refractivity contribution in [1.29, 1.82) is 0 Å². The molecule has 0 amide bonds. The highest BCUT2D eigenvalue weighted by molar-refractivity contribution is 6.12. The third-order valence-corrected chi connectivity index (χ3v) is 2.71. The molecule has 3 rings (SSSR count). The summed E-state index contributed by atoms with van der Waals surface area (Å²) < 4.78 is 2.03. The van der Waals surface area contributed by atoms with Crippen LogP contribution in [0.3, 0.4) is 0 Å². The lowest BCUT2D eigenvalue weighted by molar-refractivity contribution is 0.103. The van der Waals surface area contributed by atoms with Crippen LogP contribution in [0, 0.1) is 0 Å². The van der Waals surface area contributed by atoms with Crippen LogP contribution in [0.15, 0.2) is 42.5 Å². The highest BCUT2D eigenvalue weighted by Gasteiger charge is 2.24. The van der Waals surface area contributed by atoms with Crippen LogP contribution < -0.4 is 0 Å². The number of ketones is 1. The van der Waals surface area contributed by atoms with Crippen LogP contribution in [0.1, 0.15) is 10.5 Å². The summed E-state index contributed by atoms with van der Waals surface area (Å²) in [6.07, 6.45) is 0. The van der Waals surface area contributed by atoms with Crippen molar-refractivity contribution in [2.75, 3.05) is 0 Å². The molecule has 1 aromatic heterocycles. The summed E-state index contributed by atoms with van der Waals surface area (Å²) in [5.41, 5.74) is 2.58. The van der Waals surface area contributed by atoms with E-state index in [4.69, 9.17) is 0 Å². The van der Waals surface area contributed by atoms with Gasteiger partial charge in [-0.05, 0) is 12.1 Å². The van der Waals surface area contributed by atoms with Crippen molar-refractivity contribution in [2.24, 2.45) is 0 Å². The summed E-state index contributed by atoms with van der Waals surface area (Å²) in [4.78, 5) is 11.6. The molecule has 0 spiro atoms. The van der Waals surface area contributed by atoms with E-state index in [1.165, 1.54) is 0 Å². The van der Waals surface area contributed by atoms with Crippen molar-refractivity contribution in [3.63, 3.8) is 0 Å². The Bertz CT molecular complexity index is 563. The minimum Gasteiger partial charge on any atom is -0.333 e. The van der Waals surface area contributed by atoms with Gasteiger partial charge in [-0.15, -0.1) is 0 Å². The SMILES string of the molecule is C=C1Cn2c(cc3ccccc32)C1=O. The first kappa shape index (κ1) is 7.56. The molecule has 1 aliphatic rings. The van der Waals surface area contributed by atoms with Crippen LogP contribution in [0.5, 0.6) is 0 Å². The second-order valence-electron chi connectivity index (χ2n) is 3.61. The topological polar surface area (TPSA) is 22.0 Å². The van der Waals surface area contributed by atoms with E-state index >= 15 is 0 Å². The Balaban J connectivity index is 2.41. The van der Waals surface area contributed by atoms with E-state index in [-0.39, 0.29) is 5.78 Å². The van der Waals surface area contributed by atoms with Gasteiger partial charge in [0.1, 0.15) is 0 Å². The Morgan fingerprint density at radius 3 is 2.93 bits per heavy atom. The van der Waals surface area contributed by atoms with Gasteiger partial charge in [0.2, 0.25) is 5.78 Å². The van der Waals surface area contributed by atoms with E-state index in [9.17, 15) is 4.79 Å². The van der Waals surface area contributed by atoms with Crippen LogP contribution in [0.2, 0.25) is 0 Å². The normalized spacial score (nSPS) is 15.1. The monoisotopic (exact) mass is 183 g/mol. The number of hydrogen-bond acceptors (Lipinski definition) is 1. The third kappa shape index (κ3) is 0.777. The van der Waals surface area contributed by atoms with Gasteiger partial charge in [-0.1, -0.05) is 24.8 Å². The molecule has 0 atom stereocenters. The van der Waals surface area contributed by atoms with Crippen molar-refractivity contribution in [3.8, 4) is 0 Å². The molecule has 0 saturated heterocycles. The Hall–Kier alpha value is -1.83. The summed E-state index contributed by atoms with van der Waals surface area (Å²) >= 11 is 0. The summed E-state index contributed by atoms with van der Waals surface area (Å²) in [6, 6.07) is 9.97. The Kier molecular flexibility index (Phi) is 1.27. The number of Topliss-reactive ketones (excluding diaryl/α,β-unsaturated/α-hetero) is 1. The molecule has 2 heteroatoms. The van der Waals surface area contributed by atoms with Gasteiger partial charge in [0, 0.05) is 16.5 Å². The van der Waals surface area contributed by atoms with Crippen molar-refractivity contribution < 1.29 is 4.79 Å². The maximum Gasteiger partial charge on any atom is 0.206 e. The van der Waals surface area contributed by atoms with E-state index in [0.29, 0.717) is 12.1 Å². The van der Waals surface area contributed by atoms with Gasteiger partial charge in [0.15, 0.2) is 0 Å². The number of aromatic nitrogens is 1. The maximum absolute atomic E-state index is 11.6. The first-order valence-corrected chi connectivity index (χ1v) is 4.58. The molecule has 0 radical (unpaired) electrons. The van der Waals surface area contributed by atoms with Crippen LogP contribution in [-0.4, -0.2) is 10.4 Å². The molecule has 68 valence electrons. The third-order valence-electron chi connectivity index (χ3n) is 2.71. The highest BCUT2D eigenvalue weighted by Crippen LogP contribution is 2.27. The average Bonchev–Trinajstić information content (AvgIpc) is 2.67. The summed E-state index contributed by atoms with van der Waals surface area (Å²) in [5.74, 6) is 0.0844. The summed E-state index contributed by atoms with van der Waals surface area (Å²) in [7, 11) is 0. The van der Waals surface area contributed by atoms with Gasteiger partial charge in [0.25, 0.3) is 0 Å². The molecule has 0 unspecified atom stereocenters. The summed E-state index contributed by atoms with van der Waals surface area (Å²) in [6.45, 7) is 4.40. The fourth-order valence-corrected chi connectivity index (χ4v) is 2.01. The first-order chi connectivity index (χ1) is 6.77. The number of carbonyl (C=O) groups excluding carboxylic acids is 1. The molecule has 0 N–H and O–H groups in total. The number of carbonyl (C=O) groups is 1. The van der Waals surface area contributed by atoms with Gasteiger partial charge >= 0.3 is 0 Å². The predicted molar refractivity (Wildman–Crippen MR) is 55.4 cm³/mol. The molecule has 0 saturated carbocycles. The zero-order valence-corrected chi connectivity index (χ0v) is 7.66. The second kappa shape index (κ2) is 2.35. The van der Waals surface area contributed by atoms with E-state index in [2.05, 4.69) is 6.58 Å². The molecule has 2 aromatic rings. The zero-order valence-electron chi connectivity index (χ0n) is 7.66. The Morgan fingerprint density at radius 2 is 2.07 bits per heavy atom. The Morgan fingerprint density at radius 1 is 1.29 bits per heavy atom. The molecule has 1 aromatic carbocycles. The van der Waals surface area contributed by atoms with E-state index in [1.807, 2.05) is 34.9 Å². The van der Waals surface area contributed by atoms with Crippen LogP contribution >= 0.6 is 0 Å². The average molecular weight is 183 g/mol. The van der Waals surface area contributed by atoms with Crippen LogP contribution in [0.4, 0.5) is 0 Å². The maximum atomic E-state index is 11.6. The van der Waals surface area contributed by atoms with E-state index in [0.717, 1.165) is 16.6 Å². The molecular weight excluding hydrogens is 174 g/mol. The molecular formula is C12H9NO. The van der Waals surface area contributed by atoms with Gasteiger partial charge in [0.05, 0.1) is 12.2 Å². The van der Waals surface area contributed by atoms with E-state index < -0.39 is 0 Å². The van der Waals surface area contributed by atoms with Crippen molar-refractivity contribution in [3.05, 3.63) is 48.2 Å². The smallest absolute Gasteiger partial charge is 0.206 e. The number of para-hydroxylation sites is 1. The molecule has 0 bridgehead atoms. The molecule has 1 aliphatic heterocycles. The van der Waals surface area contributed by atoms with Gasteiger partial charge in [-0.3, -0.25) is 4.79 Å². The minimum absolute atomic E-state index is 0.0844. The number of allylic oxidation sites excluding steroid dienone is 1. The quantitative estimate of drug-likeness (QED) is 0.575. The molecule has 2 heterocycles.